The van der Waals surface area contributed by atoms with E-state index in [1.54, 1.807) is 4.90 Å². The van der Waals surface area contributed by atoms with E-state index in [4.69, 9.17) is 0 Å². The van der Waals surface area contributed by atoms with Crippen LogP contribution in [0, 0.1) is 0 Å². The molecule has 1 aromatic rings. The quantitative estimate of drug-likeness (QED) is 0.900. The molecular weight excluding hydrogens is 320 g/mol. The molecule has 20 heavy (non-hydrogen) atoms. The number of halogens is 1. The molecule has 0 unspecified atom stereocenters. The maximum Gasteiger partial charge on any atom is 0.249 e. The molecule has 4 nitrogen and oxygen atoms in total. The van der Waals surface area contributed by atoms with Crippen molar-refractivity contribution in [1.29, 1.82) is 0 Å². The average Bonchev–Trinajstić information content (AvgIpc) is 2.87. The first-order valence-corrected chi connectivity index (χ1v) is 7.74. The summed E-state index contributed by atoms with van der Waals surface area (Å²) in [6.45, 7) is 0.636. The number of carbonyl (C=O) groups is 2. The van der Waals surface area contributed by atoms with Crippen LogP contribution >= 0.6 is 15.9 Å². The van der Waals surface area contributed by atoms with Crippen LogP contribution in [0.25, 0.3) is 0 Å². The summed E-state index contributed by atoms with van der Waals surface area (Å²) in [6.07, 6.45) is 3.55. The van der Waals surface area contributed by atoms with Crippen LogP contribution in [0.5, 0.6) is 0 Å². The van der Waals surface area contributed by atoms with Gasteiger partial charge in [-0.3, -0.25) is 9.59 Å². The molecule has 5 heteroatoms. The van der Waals surface area contributed by atoms with Gasteiger partial charge in [0.05, 0.1) is 6.54 Å². The van der Waals surface area contributed by atoms with Crippen molar-refractivity contribution >= 4 is 27.7 Å². The highest BCUT2D eigenvalue weighted by Gasteiger charge is 2.48. The lowest BCUT2D eigenvalue weighted by molar-refractivity contribution is -0.150. The molecule has 1 spiro atoms. The molecule has 1 N–H and O–H groups in total. The monoisotopic (exact) mass is 336 g/mol. The fraction of sp³-hybridized carbons (Fsp3) is 0.467. The van der Waals surface area contributed by atoms with Crippen LogP contribution in [0.2, 0.25) is 0 Å². The Morgan fingerprint density at radius 1 is 1.20 bits per heavy atom. The molecular formula is C15H17BrN2O2. The Kier molecular flexibility index (Phi) is 3.54. The molecule has 1 saturated heterocycles. The Morgan fingerprint density at radius 3 is 2.60 bits per heavy atom. The third-order valence-electron chi connectivity index (χ3n) is 4.19. The number of nitrogens with zero attached hydrogens (tertiary/aromatic N) is 1. The van der Waals surface area contributed by atoms with Crippen molar-refractivity contribution in [2.45, 2.75) is 37.8 Å². The summed E-state index contributed by atoms with van der Waals surface area (Å²) in [4.78, 5) is 26.3. The lowest BCUT2D eigenvalue weighted by Crippen LogP contribution is -2.65. The van der Waals surface area contributed by atoms with Gasteiger partial charge in [0, 0.05) is 11.0 Å². The van der Waals surface area contributed by atoms with Gasteiger partial charge in [0.25, 0.3) is 0 Å². The summed E-state index contributed by atoms with van der Waals surface area (Å²) < 4.78 is 0.972. The highest BCUT2D eigenvalue weighted by atomic mass is 79.9. The van der Waals surface area contributed by atoms with Crippen molar-refractivity contribution in [3.05, 3.63) is 34.3 Å². The van der Waals surface area contributed by atoms with E-state index in [1.165, 1.54) is 0 Å². The van der Waals surface area contributed by atoms with Crippen molar-refractivity contribution in [2.75, 3.05) is 6.54 Å². The summed E-state index contributed by atoms with van der Waals surface area (Å²) in [6, 6.07) is 7.82. The molecule has 0 atom stereocenters. The summed E-state index contributed by atoms with van der Waals surface area (Å²) in [5, 5.41) is 2.93. The van der Waals surface area contributed by atoms with E-state index in [0.29, 0.717) is 6.54 Å². The van der Waals surface area contributed by atoms with Crippen molar-refractivity contribution < 1.29 is 9.59 Å². The van der Waals surface area contributed by atoms with E-state index in [-0.39, 0.29) is 18.4 Å². The van der Waals surface area contributed by atoms with Gasteiger partial charge < -0.3 is 10.2 Å². The molecule has 1 aliphatic heterocycles. The second-order valence-electron chi connectivity index (χ2n) is 5.59. The zero-order chi connectivity index (χ0) is 14.2. The fourth-order valence-electron chi connectivity index (χ4n) is 3.19. The fourth-order valence-corrected chi connectivity index (χ4v) is 3.60. The Balaban J connectivity index is 1.84. The first kappa shape index (κ1) is 13.6. The normalized spacial score (nSPS) is 21.4. The van der Waals surface area contributed by atoms with Gasteiger partial charge >= 0.3 is 0 Å². The Labute approximate surface area is 126 Å². The SMILES string of the molecule is O=C1CN(Cc2ccccc2Br)C(=O)C2(CCCC2)N1. The molecule has 1 aliphatic carbocycles. The molecule has 3 rings (SSSR count). The van der Waals surface area contributed by atoms with Crippen LogP contribution < -0.4 is 5.32 Å². The number of nitrogens with one attached hydrogen (secondary N) is 1. The number of benzene rings is 1. The molecule has 0 bridgehead atoms. The lowest BCUT2D eigenvalue weighted by Gasteiger charge is -2.39. The number of hydrogen-bond acceptors (Lipinski definition) is 2. The molecule has 2 aliphatic rings. The predicted octanol–water partition coefficient (Wildman–Crippen LogP) is 2.22. The van der Waals surface area contributed by atoms with E-state index in [2.05, 4.69) is 21.2 Å². The molecule has 1 saturated carbocycles. The molecule has 0 radical (unpaired) electrons. The van der Waals surface area contributed by atoms with Gasteiger partial charge in [-0.25, -0.2) is 0 Å². The third kappa shape index (κ3) is 2.35. The first-order chi connectivity index (χ1) is 9.61. The number of piperazine rings is 1. The molecule has 2 amide bonds. The third-order valence-corrected chi connectivity index (χ3v) is 4.96. The Morgan fingerprint density at radius 2 is 1.90 bits per heavy atom. The van der Waals surface area contributed by atoms with Crippen LogP contribution in [0.15, 0.2) is 28.7 Å². The van der Waals surface area contributed by atoms with Gasteiger partial charge in [0.1, 0.15) is 5.54 Å². The Hall–Kier alpha value is -1.36. The van der Waals surface area contributed by atoms with Gasteiger partial charge in [0.2, 0.25) is 11.8 Å². The van der Waals surface area contributed by atoms with Crippen molar-refractivity contribution in [3.63, 3.8) is 0 Å². The van der Waals surface area contributed by atoms with Crippen LogP contribution in [0.4, 0.5) is 0 Å². The van der Waals surface area contributed by atoms with Crippen LogP contribution in [-0.4, -0.2) is 28.8 Å². The minimum Gasteiger partial charge on any atom is -0.340 e. The summed E-state index contributed by atoms with van der Waals surface area (Å²) in [5.74, 6) is 0.0314. The molecule has 1 heterocycles. The van der Waals surface area contributed by atoms with E-state index in [1.807, 2.05) is 24.3 Å². The van der Waals surface area contributed by atoms with Crippen molar-refractivity contribution in [3.8, 4) is 0 Å². The lowest BCUT2D eigenvalue weighted by atomic mass is 9.93. The smallest absolute Gasteiger partial charge is 0.249 e. The standard InChI is InChI=1S/C15H17BrN2O2/c16-12-6-2-1-5-11(12)9-18-10-13(19)17-15(14(18)20)7-3-4-8-15/h1-2,5-6H,3-4,7-10H2,(H,17,19). The summed E-state index contributed by atoms with van der Waals surface area (Å²) in [7, 11) is 0. The second-order valence-corrected chi connectivity index (χ2v) is 6.44. The molecule has 2 fully saturated rings. The van der Waals surface area contributed by atoms with Crippen molar-refractivity contribution in [2.24, 2.45) is 0 Å². The van der Waals surface area contributed by atoms with E-state index >= 15 is 0 Å². The van der Waals surface area contributed by atoms with E-state index in [9.17, 15) is 9.59 Å². The van der Waals surface area contributed by atoms with E-state index < -0.39 is 5.54 Å². The number of rotatable bonds is 2. The maximum atomic E-state index is 12.7. The van der Waals surface area contributed by atoms with Crippen LogP contribution in [-0.2, 0) is 16.1 Å². The van der Waals surface area contributed by atoms with Gasteiger partial charge in [-0.15, -0.1) is 0 Å². The highest BCUT2D eigenvalue weighted by Crippen LogP contribution is 2.34. The zero-order valence-electron chi connectivity index (χ0n) is 11.2. The maximum absolute atomic E-state index is 12.7. The average molecular weight is 337 g/mol. The molecule has 106 valence electrons. The van der Waals surface area contributed by atoms with Gasteiger partial charge in [-0.1, -0.05) is 47.0 Å². The van der Waals surface area contributed by atoms with Crippen molar-refractivity contribution in [1.82, 2.24) is 10.2 Å². The Bertz CT molecular complexity index is 553. The molecule has 0 aromatic heterocycles. The van der Waals surface area contributed by atoms with Crippen LogP contribution in [0.3, 0.4) is 0 Å². The highest BCUT2D eigenvalue weighted by molar-refractivity contribution is 9.10. The van der Waals surface area contributed by atoms with Gasteiger partial charge in [0.15, 0.2) is 0 Å². The predicted molar refractivity (Wildman–Crippen MR) is 78.9 cm³/mol. The van der Waals surface area contributed by atoms with Gasteiger partial charge in [-0.2, -0.15) is 0 Å². The van der Waals surface area contributed by atoms with Gasteiger partial charge in [-0.05, 0) is 24.5 Å². The molecule has 1 aromatic carbocycles. The van der Waals surface area contributed by atoms with Crippen LogP contribution in [0.1, 0.15) is 31.2 Å². The number of hydrogen-bond donors (Lipinski definition) is 1. The number of carbonyl (C=O) groups excluding carboxylic acids is 2. The number of amides is 2. The largest absolute Gasteiger partial charge is 0.340 e. The first-order valence-electron chi connectivity index (χ1n) is 6.94. The summed E-state index contributed by atoms with van der Waals surface area (Å²) in [5.41, 5.74) is 0.403. The minimum absolute atomic E-state index is 0.0430. The second kappa shape index (κ2) is 5.20. The minimum atomic E-state index is -0.628. The van der Waals surface area contributed by atoms with E-state index in [0.717, 1.165) is 35.7 Å². The zero-order valence-corrected chi connectivity index (χ0v) is 12.8. The summed E-state index contributed by atoms with van der Waals surface area (Å²) >= 11 is 3.49. The topological polar surface area (TPSA) is 49.4 Å².